The van der Waals surface area contributed by atoms with Gasteiger partial charge in [0.25, 0.3) is 0 Å². The number of aliphatic hydroxyl groups is 2. The zero-order valence-electron chi connectivity index (χ0n) is 18.0. The standard InChI is InChI=1S/C24H33ClO4/c1-16(12-25)14-28-22-8-6-19(10-17(22)2)24(4,5)20-7-9-23(18(3)11-20)29-15-21(27)13-26/h6-11,16,21,26-27H,12-15H2,1-5H3/t16-,21+/m0/s1. The first-order valence-corrected chi connectivity index (χ1v) is 10.5. The van der Waals surface area contributed by atoms with Crippen molar-refractivity contribution >= 4 is 11.6 Å². The molecule has 2 aromatic carbocycles. The van der Waals surface area contributed by atoms with E-state index in [1.165, 1.54) is 11.1 Å². The topological polar surface area (TPSA) is 58.9 Å². The molecule has 0 saturated carbocycles. The second kappa shape index (κ2) is 10.3. The minimum Gasteiger partial charge on any atom is -0.493 e. The molecule has 0 radical (unpaired) electrons. The van der Waals surface area contributed by atoms with E-state index in [-0.39, 0.29) is 18.6 Å². The van der Waals surface area contributed by atoms with E-state index in [4.69, 9.17) is 26.2 Å². The molecule has 2 rings (SSSR count). The highest BCUT2D eigenvalue weighted by atomic mass is 35.5. The van der Waals surface area contributed by atoms with Gasteiger partial charge in [-0.15, -0.1) is 11.6 Å². The molecule has 0 aromatic heterocycles. The normalized spacial score (nSPS) is 13.8. The molecule has 5 heteroatoms. The van der Waals surface area contributed by atoms with E-state index < -0.39 is 6.10 Å². The first kappa shape index (κ1) is 23.5. The van der Waals surface area contributed by atoms with Crippen molar-refractivity contribution in [1.82, 2.24) is 0 Å². The maximum Gasteiger partial charge on any atom is 0.122 e. The summed E-state index contributed by atoms with van der Waals surface area (Å²) in [5.41, 5.74) is 4.28. The van der Waals surface area contributed by atoms with Crippen molar-refractivity contribution in [3.8, 4) is 11.5 Å². The molecule has 160 valence electrons. The summed E-state index contributed by atoms with van der Waals surface area (Å²) in [6, 6.07) is 12.4. The van der Waals surface area contributed by atoms with Gasteiger partial charge in [-0.2, -0.15) is 0 Å². The van der Waals surface area contributed by atoms with Crippen molar-refractivity contribution < 1.29 is 19.7 Å². The highest BCUT2D eigenvalue weighted by molar-refractivity contribution is 6.18. The maximum atomic E-state index is 9.48. The SMILES string of the molecule is Cc1cc(C(C)(C)c2ccc(OC[C@H](O)CO)c(C)c2)ccc1OC[C@@H](C)CCl. The molecule has 0 spiro atoms. The third-order valence-corrected chi connectivity index (χ3v) is 5.75. The van der Waals surface area contributed by atoms with Gasteiger partial charge in [-0.25, -0.2) is 0 Å². The molecule has 0 aliphatic carbocycles. The van der Waals surface area contributed by atoms with Gasteiger partial charge in [0.05, 0.1) is 13.2 Å². The molecule has 0 fully saturated rings. The van der Waals surface area contributed by atoms with Gasteiger partial charge in [0.2, 0.25) is 0 Å². The Kier molecular flexibility index (Phi) is 8.38. The Morgan fingerprint density at radius 2 is 1.41 bits per heavy atom. The Morgan fingerprint density at radius 1 is 0.931 bits per heavy atom. The van der Waals surface area contributed by atoms with Gasteiger partial charge in [0, 0.05) is 17.2 Å². The number of aryl methyl sites for hydroxylation is 2. The molecule has 2 N–H and O–H groups in total. The molecule has 2 aromatic rings. The fourth-order valence-electron chi connectivity index (χ4n) is 3.08. The summed E-state index contributed by atoms with van der Waals surface area (Å²) in [6.45, 7) is 10.9. The van der Waals surface area contributed by atoms with Gasteiger partial charge in [0.15, 0.2) is 0 Å². The molecular formula is C24H33ClO4. The Labute approximate surface area is 179 Å². The van der Waals surface area contributed by atoms with Gasteiger partial charge < -0.3 is 19.7 Å². The van der Waals surface area contributed by atoms with Gasteiger partial charge >= 0.3 is 0 Å². The lowest BCUT2D eigenvalue weighted by atomic mass is 9.77. The smallest absolute Gasteiger partial charge is 0.122 e. The van der Waals surface area contributed by atoms with Crippen LogP contribution in [0.25, 0.3) is 0 Å². The lowest BCUT2D eigenvalue weighted by Gasteiger charge is -2.28. The Morgan fingerprint density at radius 3 is 1.83 bits per heavy atom. The second-order valence-corrected chi connectivity index (χ2v) is 8.61. The van der Waals surface area contributed by atoms with Gasteiger partial charge in [-0.3, -0.25) is 0 Å². The lowest BCUT2D eigenvalue weighted by molar-refractivity contribution is 0.0534. The fraction of sp³-hybridized carbons (Fsp3) is 0.500. The van der Waals surface area contributed by atoms with Crippen LogP contribution in [0.3, 0.4) is 0 Å². The third kappa shape index (κ3) is 6.11. The maximum absolute atomic E-state index is 9.48. The van der Waals surface area contributed by atoms with Crippen LogP contribution in [0.1, 0.15) is 43.0 Å². The number of aliphatic hydroxyl groups excluding tert-OH is 2. The van der Waals surface area contributed by atoms with Crippen LogP contribution in [-0.4, -0.2) is 42.0 Å². The zero-order chi connectivity index (χ0) is 21.6. The van der Waals surface area contributed by atoms with Gasteiger partial charge in [-0.1, -0.05) is 45.0 Å². The third-order valence-electron chi connectivity index (χ3n) is 5.22. The monoisotopic (exact) mass is 420 g/mol. The number of hydrogen-bond donors (Lipinski definition) is 2. The van der Waals surface area contributed by atoms with E-state index in [1.807, 2.05) is 19.1 Å². The molecular weight excluding hydrogens is 388 g/mol. The summed E-state index contributed by atoms with van der Waals surface area (Å²) in [7, 11) is 0. The Bertz CT molecular complexity index is 738. The van der Waals surface area contributed by atoms with E-state index in [0.29, 0.717) is 24.2 Å². The Hall–Kier alpha value is -1.75. The number of rotatable bonds is 10. The first-order chi connectivity index (χ1) is 13.7. The second-order valence-electron chi connectivity index (χ2n) is 8.30. The van der Waals surface area contributed by atoms with E-state index >= 15 is 0 Å². The van der Waals surface area contributed by atoms with Crippen LogP contribution in [0.5, 0.6) is 11.5 Å². The van der Waals surface area contributed by atoms with Crippen LogP contribution in [0.15, 0.2) is 36.4 Å². The fourth-order valence-corrected chi connectivity index (χ4v) is 3.17. The molecule has 0 heterocycles. The predicted molar refractivity (Wildman–Crippen MR) is 118 cm³/mol. The lowest BCUT2D eigenvalue weighted by Crippen LogP contribution is -2.22. The zero-order valence-corrected chi connectivity index (χ0v) is 18.8. The number of halogens is 1. The van der Waals surface area contributed by atoms with Crippen LogP contribution in [0.2, 0.25) is 0 Å². The van der Waals surface area contributed by atoms with Crippen LogP contribution in [0.4, 0.5) is 0 Å². The number of alkyl halides is 1. The minimum absolute atomic E-state index is 0.0725. The van der Waals surface area contributed by atoms with E-state index in [2.05, 4.69) is 52.0 Å². The summed E-state index contributed by atoms with van der Waals surface area (Å²) < 4.78 is 11.5. The van der Waals surface area contributed by atoms with Crippen molar-refractivity contribution in [2.45, 2.75) is 46.1 Å². The summed E-state index contributed by atoms with van der Waals surface area (Å²) in [6.07, 6.45) is -0.873. The first-order valence-electron chi connectivity index (χ1n) is 10.0. The quantitative estimate of drug-likeness (QED) is 0.551. The van der Waals surface area contributed by atoms with Crippen molar-refractivity contribution in [1.29, 1.82) is 0 Å². The summed E-state index contributed by atoms with van der Waals surface area (Å²) >= 11 is 5.86. The number of benzene rings is 2. The van der Waals surface area contributed by atoms with Crippen LogP contribution < -0.4 is 9.47 Å². The summed E-state index contributed by atoms with van der Waals surface area (Å²) in [4.78, 5) is 0. The highest BCUT2D eigenvalue weighted by Gasteiger charge is 2.24. The van der Waals surface area contributed by atoms with Gasteiger partial charge in [0.1, 0.15) is 24.2 Å². The highest BCUT2D eigenvalue weighted by Crippen LogP contribution is 2.36. The minimum atomic E-state index is -0.873. The average molecular weight is 421 g/mol. The summed E-state index contributed by atoms with van der Waals surface area (Å²) in [5.74, 6) is 2.51. The molecule has 0 amide bonds. The number of ether oxygens (including phenoxy) is 2. The van der Waals surface area contributed by atoms with Crippen LogP contribution >= 0.6 is 11.6 Å². The van der Waals surface area contributed by atoms with E-state index in [9.17, 15) is 5.11 Å². The molecule has 0 saturated heterocycles. The van der Waals surface area contributed by atoms with Crippen LogP contribution in [-0.2, 0) is 5.41 Å². The molecule has 2 atom stereocenters. The Balaban J connectivity index is 2.19. The molecule has 0 unspecified atom stereocenters. The van der Waals surface area contributed by atoms with Crippen molar-refractivity contribution in [2.75, 3.05) is 25.7 Å². The molecule has 4 nitrogen and oxygen atoms in total. The molecule has 0 aliphatic heterocycles. The van der Waals surface area contributed by atoms with Crippen LogP contribution in [0, 0.1) is 19.8 Å². The van der Waals surface area contributed by atoms with Crippen molar-refractivity contribution in [3.63, 3.8) is 0 Å². The molecule has 0 bridgehead atoms. The van der Waals surface area contributed by atoms with Gasteiger partial charge in [-0.05, 0) is 48.2 Å². The summed E-state index contributed by atoms with van der Waals surface area (Å²) in [5, 5.41) is 18.4. The number of hydrogen-bond acceptors (Lipinski definition) is 4. The van der Waals surface area contributed by atoms with E-state index in [0.717, 1.165) is 16.9 Å². The molecule has 29 heavy (non-hydrogen) atoms. The average Bonchev–Trinajstić information content (AvgIpc) is 2.71. The molecule has 0 aliphatic rings. The van der Waals surface area contributed by atoms with E-state index in [1.54, 1.807) is 0 Å². The van der Waals surface area contributed by atoms with Crippen molar-refractivity contribution in [3.05, 3.63) is 58.7 Å². The largest absolute Gasteiger partial charge is 0.493 e. The predicted octanol–water partition coefficient (Wildman–Crippen LogP) is 4.62. The van der Waals surface area contributed by atoms with Crippen molar-refractivity contribution in [2.24, 2.45) is 5.92 Å².